The van der Waals surface area contributed by atoms with Gasteiger partial charge in [-0.15, -0.1) is 0 Å². The zero-order valence-corrected chi connectivity index (χ0v) is 11.0. The monoisotopic (exact) mass is 232 g/mol. The first kappa shape index (κ1) is 12.4. The summed E-state index contributed by atoms with van der Waals surface area (Å²) in [5, 5.41) is 0. The molecule has 0 spiro atoms. The molecule has 2 unspecified atom stereocenters. The summed E-state index contributed by atoms with van der Waals surface area (Å²) in [4.78, 5) is 2.53. The SMILES string of the molecule is CC1CCN(c2ccc(CCN)cc2)C(C)C1. The van der Waals surface area contributed by atoms with Crippen LogP contribution >= 0.6 is 0 Å². The van der Waals surface area contributed by atoms with Crippen LogP contribution in [0.3, 0.4) is 0 Å². The van der Waals surface area contributed by atoms with E-state index in [1.807, 2.05) is 0 Å². The van der Waals surface area contributed by atoms with Gasteiger partial charge in [0.2, 0.25) is 0 Å². The molecule has 1 aromatic carbocycles. The number of hydrogen-bond donors (Lipinski definition) is 1. The van der Waals surface area contributed by atoms with Gasteiger partial charge in [-0.05, 0) is 56.3 Å². The lowest BCUT2D eigenvalue weighted by molar-refractivity contribution is 0.378. The molecule has 0 aromatic heterocycles. The Bertz CT molecular complexity index is 344. The van der Waals surface area contributed by atoms with E-state index < -0.39 is 0 Å². The zero-order valence-electron chi connectivity index (χ0n) is 11.0. The topological polar surface area (TPSA) is 29.3 Å². The first-order valence-corrected chi connectivity index (χ1v) is 6.76. The molecule has 2 heteroatoms. The van der Waals surface area contributed by atoms with Gasteiger partial charge < -0.3 is 10.6 Å². The number of hydrogen-bond acceptors (Lipinski definition) is 2. The molecule has 1 fully saturated rings. The molecule has 94 valence electrons. The Morgan fingerprint density at radius 2 is 1.94 bits per heavy atom. The molecule has 0 bridgehead atoms. The van der Waals surface area contributed by atoms with Crippen molar-refractivity contribution in [2.75, 3.05) is 18.0 Å². The van der Waals surface area contributed by atoms with Crippen molar-refractivity contribution in [2.45, 2.75) is 39.2 Å². The van der Waals surface area contributed by atoms with Gasteiger partial charge in [-0.1, -0.05) is 19.1 Å². The molecule has 0 saturated carbocycles. The van der Waals surface area contributed by atoms with Crippen LogP contribution in [0.5, 0.6) is 0 Å². The number of anilines is 1. The molecule has 2 nitrogen and oxygen atoms in total. The molecule has 1 saturated heterocycles. The molecule has 0 amide bonds. The van der Waals surface area contributed by atoms with Crippen molar-refractivity contribution in [2.24, 2.45) is 11.7 Å². The molecule has 0 radical (unpaired) electrons. The molecule has 2 rings (SSSR count). The minimum absolute atomic E-state index is 0.666. The van der Waals surface area contributed by atoms with Crippen LogP contribution in [0, 0.1) is 5.92 Å². The second-order valence-corrected chi connectivity index (χ2v) is 5.38. The number of benzene rings is 1. The number of rotatable bonds is 3. The van der Waals surface area contributed by atoms with E-state index in [1.54, 1.807) is 0 Å². The number of nitrogens with two attached hydrogens (primary N) is 1. The van der Waals surface area contributed by atoms with Crippen LogP contribution < -0.4 is 10.6 Å². The second-order valence-electron chi connectivity index (χ2n) is 5.38. The number of nitrogens with zero attached hydrogens (tertiary/aromatic N) is 1. The van der Waals surface area contributed by atoms with Crippen molar-refractivity contribution in [1.82, 2.24) is 0 Å². The average molecular weight is 232 g/mol. The van der Waals surface area contributed by atoms with Gasteiger partial charge in [-0.3, -0.25) is 0 Å². The largest absolute Gasteiger partial charge is 0.369 e. The lowest BCUT2D eigenvalue weighted by atomic mass is 9.93. The molecule has 1 aliphatic rings. The third kappa shape index (κ3) is 3.01. The van der Waals surface area contributed by atoms with E-state index >= 15 is 0 Å². The third-order valence-corrected chi connectivity index (χ3v) is 3.84. The van der Waals surface area contributed by atoms with Gasteiger partial charge in [-0.2, -0.15) is 0 Å². The Labute approximate surface area is 105 Å². The van der Waals surface area contributed by atoms with E-state index in [-0.39, 0.29) is 0 Å². The standard InChI is InChI=1S/C15H24N2/c1-12-8-10-17(13(2)11-12)15-5-3-14(4-6-15)7-9-16/h3-6,12-13H,7-11,16H2,1-2H3. The summed E-state index contributed by atoms with van der Waals surface area (Å²) in [5.41, 5.74) is 8.28. The third-order valence-electron chi connectivity index (χ3n) is 3.84. The van der Waals surface area contributed by atoms with Gasteiger partial charge in [0, 0.05) is 18.3 Å². The molecule has 1 aliphatic heterocycles. The Hall–Kier alpha value is -1.02. The van der Waals surface area contributed by atoms with E-state index in [0.717, 1.165) is 18.9 Å². The molecule has 2 N–H and O–H groups in total. The maximum atomic E-state index is 5.57. The lowest BCUT2D eigenvalue weighted by Gasteiger charge is -2.38. The highest BCUT2D eigenvalue weighted by Gasteiger charge is 2.22. The predicted octanol–water partition coefficient (Wildman–Crippen LogP) is 2.81. The summed E-state index contributed by atoms with van der Waals surface area (Å²) in [6.07, 6.45) is 3.60. The second kappa shape index (κ2) is 5.54. The minimum atomic E-state index is 0.666. The van der Waals surface area contributed by atoms with Crippen molar-refractivity contribution >= 4 is 5.69 Å². The van der Waals surface area contributed by atoms with E-state index in [9.17, 15) is 0 Å². The highest BCUT2D eigenvalue weighted by atomic mass is 15.2. The van der Waals surface area contributed by atoms with Crippen LogP contribution in [0.4, 0.5) is 5.69 Å². The minimum Gasteiger partial charge on any atom is -0.369 e. The Balaban J connectivity index is 2.06. The normalized spacial score (nSPS) is 25.0. The van der Waals surface area contributed by atoms with Gasteiger partial charge in [0.05, 0.1) is 0 Å². The first-order chi connectivity index (χ1) is 8.20. The Kier molecular flexibility index (Phi) is 4.06. The fourth-order valence-electron chi connectivity index (χ4n) is 2.81. The molecule has 1 heterocycles. The first-order valence-electron chi connectivity index (χ1n) is 6.76. The molecule has 17 heavy (non-hydrogen) atoms. The van der Waals surface area contributed by atoms with Crippen molar-refractivity contribution in [3.63, 3.8) is 0 Å². The zero-order chi connectivity index (χ0) is 12.3. The summed E-state index contributed by atoms with van der Waals surface area (Å²) >= 11 is 0. The van der Waals surface area contributed by atoms with Crippen molar-refractivity contribution in [3.8, 4) is 0 Å². The summed E-state index contributed by atoms with van der Waals surface area (Å²) in [7, 11) is 0. The van der Waals surface area contributed by atoms with E-state index in [2.05, 4.69) is 43.0 Å². The highest BCUT2D eigenvalue weighted by Crippen LogP contribution is 2.27. The van der Waals surface area contributed by atoms with Crippen molar-refractivity contribution in [3.05, 3.63) is 29.8 Å². The summed E-state index contributed by atoms with van der Waals surface area (Å²) in [6, 6.07) is 9.59. The summed E-state index contributed by atoms with van der Waals surface area (Å²) in [6.45, 7) is 6.62. The van der Waals surface area contributed by atoms with Gasteiger partial charge in [0.15, 0.2) is 0 Å². The smallest absolute Gasteiger partial charge is 0.0368 e. The van der Waals surface area contributed by atoms with E-state index in [1.165, 1.54) is 30.6 Å². The van der Waals surface area contributed by atoms with Crippen LogP contribution in [0.15, 0.2) is 24.3 Å². The van der Waals surface area contributed by atoms with E-state index in [4.69, 9.17) is 5.73 Å². The fraction of sp³-hybridized carbons (Fsp3) is 0.600. The highest BCUT2D eigenvalue weighted by molar-refractivity contribution is 5.49. The lowest BCUT2D eigenvalue weighted by Crippen LogP contribution is -2.40. The van der Waals surface area contributed by atoms with Crippen LogP contribution in [-0.2, 0) is 6.42 Å². The van der Waals surface area contributed by atoms with Crippen LogP contribution in [0.25, 0.3) is 0 Å². The van der Waals surface area contributed by atoms with Crippen LogP contribution in [0.1, 0.15) is 32.3 Å². The Morgan fingerprint density at radius 3 is 2.53 bits per heavy atom. The van der Waals surface area contributed by atoms with Gasteiger partial charge in [0.25, 0.3) is 0 Å². The van der Waals surface area contributed by atoms with Gasteiger partial charge in [-0.25, -0.2) is 0 Å². The Morgan fingerprint density at radius 1 is 1.24 bits per heavy atom. The average Bonchev–Trinajstić information content (AvgIpc) is 2.31. The number of piperidine rings is 1. The predicted molar refractivity (Wildman–Crippen MR) is 74.4 cm³/mol. The summed E-state index contributed by atoms with van der Waals surface area (Å²) in [5.74, 6) is 0.873. The van der Waals surface area contributed by atoms with Crippen molar-refractivity contribution in [1.29, 1.82) is 0 Å². The summed E-state index contributed by atoms with van der Waals surface area (Å²) < 4.78 is 0. The van der Waals surface area contributed by atoms with Gasteiger partial charge in [0.1, 0.15) is 0 Å². The molecule has 1 aromatic rings. The van der Waals surface area contributed by atoms with Crippen LogP contribution in [-0.4, -0.2) is 19.1 Å². The molecular weight excluding hydrogens is 208 g/mol. The maximum Gasteiger partial charge on any atom is 0.0368 e. The maximum absolute atomic E-state index is 5.57. The molecule has 2 atom stereocenters. The van der Waals surface area contributed by atoms with Crippen LogP contribution in [0.2, 0.25) is 0 Å². The quantitative estimate of drug-likeness (QED) is 0.868. The van der Waals surface area contributed by atoms with Crippen molar-refractivity contribution < 1.29 is 0 Å². The fourth-order valence-corrected chi connectivity index (χ4v) is 2.81. The van der Waals surface area contributed by atoms with Gasteiger partial charge >= 0.3 is 0 Å². The molecule has 0 aliphatic carbocycles. The molecular formula is C15H24N2. The van der Waals surface area contributed by atoms with E-state index in [0.29, 0.717) is 6.04 Å².